The summed E-state index contributed by atoms with van der Waals surface area (Å²) in [6.07, 6.45) is 1.01. The number of rotatable bonds is 3. The molecule has 2 aromatic carbocycles. The molecule has 0 fully saturated rings. The van der Waals surface area contributed by atoms with E-state index in [2.05, 4.69) is 24.4 Å². The van der Waals surface area contributed by atoms with E-state index in [9.17, 15) is 4.39 Å². The Bertz CT molecular complexity index is 597. The third-order valence-corrected chi connectivity index (χ3v) is 3.32. The predicted octanol–water partition coefficient (Wildman–Crippen LogP) is 3.55. The van der Waals surface area contributed by atoms with Gasteiger partial charge in [-0.2, -0.15) is 0 Å². The van der Waals surface area contributed by atoms with Crippen molar-refractivity contribution in [1.29, 1.82) is 0 Å². The highest BCUT2D eigenvalue weighted by Crippen LogP contribution is 2.29. The van der Waals surface area contributed by atoms with E-state index in [0.29, 0.717) is 6.54 Å². The van der Waals surface area contributed by atoms with E-state index in [1.165, 1.54) is 23.3 Å². The maximum atomic E-state index is 13.1. The fourth-order valence-electron chi connectivity index (χ4n) is 2.39. The molecule has 98 valence electrons. The normalized spacial score (nSPS) is 16.8. The molecule has 3 rings (SSSR count). The molecule has 0 saturated heterocycles. The van der Waals surface area contributed by atoms with Crippen molar-refractivity contribution in [1.82, 2.24) is 0 Å². The molecule has 1 aliphatic rings. The van der Waals surface area contributed by atoms with E-state index in [0.717, 1.165) is 17.9 Å². The Labute approximate surface area is 112 Å². The summed E-state index contributed by atoms with van der Waals surface area (Å²) >= 11 is 0. The van der Waals surface area contributed by atoms with Crippen LogP contribution in [0.15, 0.2) is 42.5 Å². The van der Waals surface area contributed by atoms with Crippen molar-refractivity contribution in [2.45, 2.75) is 19.4 Å². The summed E-state index contributed by atoms with van der Waals surface area (Å²) in [6, 6.07) is 12.7. The number of aryl methyl sites for hydroxylation is 1. The zero-order valence-corrected chi connectivity index (χ0v) is 10.8. The zero-order valence-electron chi connectivity index (χ0n) is 10.8. The average Bonchev–Trinajstić information content (AvgIpc) is 2.78. The molecular formula is C16H16FNO. The molecule has 0 amide bonds. The first-order chi connectivity index (χ1) is 9.20. The lowest BCUT2D eigenvalue weighted by atomic mass is 10.1. The smallest absolute Gasteiger partial charge is 0.125 e. The Morgan fingerprint density at radius 3 is 3.00 bits per heavy atom. The number of hydrogen-bond donors (Lipinski definition) is 1. The topological polar surface area (TPSA) is 21.3 Å². The third-order valence-electron chi connectivity index (χ3n) is 3.32. The zero-order chi connectivity index (χ0) is 13.2. The number of hydrogen-bond acceptors (Lipinski definition) is 2. The van der Waals surface area contributed by atoms with Crippen LogP contribution >= 0.6 is 0 Å². The molecule has 19 heavy (non-hydrogen) atoms. The summed E-state index contributed by atoms with van der Waals surface area (Å²) < 4.78 is 18.9. The number of ether oxygens (including phenoxy) is 1. The van der Waals surface area contributed by atoms with E-state index in [1.54, 1.807) is 6.07 Å². The predicted molar refractivity (Wildman–Crippen MR) is 74.2 cm³/mol. The Hall–Kier alpha value is -2.03. The fourth-order valence-corrected chi connectivity index (χ4v) is 2.39. The molecule has 2 nitrogen and oxygen atoms in total. The molecule has 2 aromatic rings. The van der Waals surface area contributed by atoms with Crippen LogP contribution in [0.2, 0.25) is 0 Å². The molecule has 1 aliphatic heterocycles. The van der Waals surface area contributed by atoms with Crippen LogP contribution in [-0.4, -0.2) is 12.6 Å². The highest BCUT2D eigenvalue weighted by Gasteiger charge is 2.22. The standard InChI is InChI=1S/C16H16FNO/c1-11-5-6-16-12(7-11)8-15(19-16)10-18-14-4-2-3-13(17)9-14/h2-7,9,15,18H,8,10H2,1H3. The van der Waals surface area contributed by atoms with Crippen LogP contribution in [0.5, 0.6) is 5.75 Å². The summed E-state index contributed by atoms with van der Waals surface area (Å²) in [7, 11) is 0. The highest BCUT2D eigenvalue weighted by molar-refractivity contribution is 5.44. The molecule has 1 heterocycles. The van der Waals surface area contributed by atoms with Gasteiger partial charge in [-0.15, -0.1) is 0 Å². The minimum Gasteiger partial charge on any atom is -0.488 e. The van der Waals surface area contributed by atoms with E-state index in [1.807, 2.05) is 12.1 Å². The quantitative estimate of drug-likeness (QED) is 0.908. The highest BCUT2D eigenvalue weighted by atomic mass is 19.1. The van der Waals surface area contributed by atoms with Gasteiger partial charge in [0.1, 0.15) is 17.7 Å². The maximum Gasteiger partial charge on any atom is 0.125 e. The molecule has 1 unspecified atom stereocenters. The van der Waals surface area contributed by atoms with Gasteiger partial charge in [0, 0.05) is 12.1 Å². The summed E-state index contributed by atoms with van der Waals surface area (Å²) in [4.78, 5) is 0. The summed E-state index contributed by atoms with van der Waals surface area (Å²) in [5.74, 6) is 0.743. The lowest BCUT2D eigenvalue weighted by Gasteiger charge is -2.12. The maximum absolute atomic E-state index is 13.1. The molecular weight excluding hydrogens is 241 g/mol. The summed E-state index contributed by atoms with van der Waals surface area (Å²) in [5.41, 5.74) is 3.29. The second kappa shape index (κ2) is 4.92. The average molecular weight is 257 g/mol. The van der Waals surface area contributed by atoms with Gasteiger partial charge in [-0.3, -0.25) is 0 Å². The van der Waals surface area contributed by atoms with Crippen molar-refractivity contribution < 1.29 is 9.13 Å². The number of fused-ring (bicyclic) bond motifs is 1. The molecule has 0 aromatic heterocycles. The lowest BCUT2D eigenvalue weighted by Crippen LogP contribution is -2.23. The van der Waals surface area contributed by atoms with E-state index in [4.69, 9.17) is 4.74 Å². The summed E-state index contributed by atoms with van der Waals surface area (Å²) in [6.45, 7) is 2.76. The van der Waals surface area contributed by atoms with Gasteiger partial charge in [0.05, 0.1) is 6.54 Å². The van der Waals surface area contributed by atoms with Crippen LogP contribution in [0.4, 0.5) is 10.1 Å². The minimum absolute atomic E-state index is 0.111. The van der Waals surface area contributed by atoms with Crippen molar-refractivity contribution in [2.75, 3.05) is 11.9 Å². The molecule has 0 radical (unpaired) electrons. The van der Waals surface area contributed by atoms with Crippen molar-refractivity contribution >= 4 is 5.69 Å². The van der Waals surface area contributed by atoms with Crippen molar-refractivity contribution in [3.63, 3.8) is 0 Å². The first-order valence-corrected chi connectivity index (χ1v) is 6.46. The van der Waals surface area contributed by atoms with Gasteiger partial charge < -0.3 is 10.1 Å². The lowest BCUT2D eigenvalue weighted by molar-refractivity contribution is 0.246. The number of nitrogens with one attached hydrogen (secondary N) is 1. The van der Waals surface area contributed by atoms with Crippen molar-refractivity contribution in [3.05, 3.63) is 59.4 Å². The molecule has 0 spiro atoms. The van der Waals surface area contributed by atoms with Crippen LogP contribution in [0.1, 0.15) is 11.1 Å². The molecule has 1 N–H and O–H groups in total. The second-order valence-corrected chi connectivity index (χ2v) is 4.95. The Morgan fingerprint density at radius 1 is 1.26 bits per heavy atom. The van der Waals surface area contributed by atoms with Crippen LogP contribution < -0.4 is 10.1 Å². The number of anilines is 1. The molecule has 0 aliphatic carbocycles. The molecule has 1 atom stereocenters. The first kappa shape index (κ1) is 12.0. The molecule has 3 heteroatoms. The monoisotopic (exact) mass is 257 g/mol. The van der Waals surface area contributed by atoms with Crippen LogP contribution in [0.3, 0.4) is 0 Å². The van der Waals surface area contributed by atoms with Gasteiger partial charge in [-0.1, -0.05) is 23.8 Å². The van der Waals surface area contributed by atoms with E-state index in [-0.39, 0.29) is 11.9 Å². The fraction of sp³-hybridized carbons (Fsp3) is 0.250. The minimum atomic E-state index is -0.226. The van der Waals surface area contributed by atoms with Crippen LogP contribution in [-0.2, 0) is 6.42 Å². The first-order valence-electron chi connectivity index (χ1n) is 6.46. The number of halogens is 1. The third kappa shape index (κ3) is 2.70. The Morgan fingerprint density at radius 2 is 2.16 bits per heavy atom. The van der Waals surface area contributed by atoms with Gasteiger partial charge in [-0.05, 0) is 36.8 Å². The van der Waals surface area contributed by atoms with Crippen molar-refractivity contribution in [2.24, 2.45) is 0 Å². The van der Waals surface area contributed by atoms with Crippen LogP contribution in [0, 0.1) is 12.7 Å². The Kier molecular flexibility index (Phi) is 3.11. The van der Waals surface area contributed by atoms with E-state index >= 15 is 0 Å². The van der Waals surface area contributed by atoms with Gasteiger partial charge in [0.25, 0.3) is 0 Å². The molecule has 0 saturated carbocycles. The van der Waals surface area contributed by atoms with E-state index < -0.39 is 0 Å². The Balaban J connectivity index is 1.62. The van der Waals surface area contributed by atoms with Crippen LogP contribution in [0.25, 0.3) is 0 Å². The molecule has 0 bridgehead atoms. The van der Waals surface area contributed by atoms with Gasteiger partial charge >= 0.3 is 0 Å². The largest absolute Gasteiger partial charge is 0.488 e. The van der Waals surface area contributed by atoms with Gasteiger partial charge in [0.15, 0.2) is 0 Å². The second-order valence-electron chi connectivity index (χ2n) is 4.95. The summed E-state index contributed by atoms with van der Waals surface area (Å²) in [5, 5.41) is 3.21. The van der Waals surface area contributed by atoms with Gasteiger partial charge in [0.2, 0.25) is 0 Å². The van der Waals surface area contributed by atoms with Gasteiger partial charge in [-0.25, -0.2) is 4.39 Å². The number of benzene rings is 2. The van der Waals surface area contributed by atoms with Crippen molar-refractivity contribution in [3.8, 4) is 5.75 Å². The SMILES string of the molecule is Cc1ccc2c(c1)CC(CNc1cccc(F)c1)O2.